The lowest BCUT2D eigenvalue weighted by Gasteiger charge is -2.38. The molecule has 3 heterocycles. The fraction of sp³-hybridized carbons (Fsp3) is 0.212. The highest BCUT2D eigenvalue weighted by molar-refractivity contribution is 6.22. The van der Waals surface area contributed by atoms with Crippen LogP contribution in [0.15, 0.2) is 297 Å². The van der Waals surface area contributed by atoms with Crippen LogP contribution in [0.25, 0.3) is 99.1 Å². The molecule has 0 fully saturated rings. The highest BCUT2D eigenvalue weighted by Gasteiger charge is 2.34. The molecule has 0 aliphatic carbocycles. The number of fused-ring (bicyclic) bond motifs is 8. The Balaban J connectivity index is 0.920. The predicted molar refractivity (Wildman–Crippen MR) is 469 cm³/mol. The van der Waals surface area contributed by atoms with Crippen LogP contribution in [0.1, 0.15) is 143 Å². The fourth-order valence-electron chi connectivity index (χ4n) is 16.9. The molecule has 2 aromatic heterocycles. The number of aromatic nitrogens is 2. The molecule has 0 N–H and O–H groups in total. The first-order valence-electron chi connectivity index (χ1n) is 39.4. The second-order valence-electron chi connectivity index (χ2n) is 34.5. The second-order valence-corrected chi connectivity index (χ2v) is 34.5. The van der Waals surface area contributed by atoms with Crippen molar-refractivity contribution < 1.29 is 0 Å². The number of para-hydroxylation sites is 2. The predicted octanol–water partition coefficient (Wildman–Crippen LogP) is 29.9. The average Bonchev–Trinajstić information content (AvgIpc) is 1.50. The topological polar surface area (TPSA) is 19.6 Å². The molecule has 0 bridgehead atoms. The Morgan fingerprint density at radius 3 is 1.05 bits per heavy atom. The highest BCUT2D eigenvalue weighted by atomic mass is 15.2. The van der Waals surface area contributed by atoms with E-state index in [9.17, 15) is 0 Å². The van der Waals surface area contributed by atoms with Crippen LogP contribution in [0.4, 0.5) is 51.2 Å². The number of anilines is 9. The zero-order valence-corrected chi connectivity index (χ0v) is 65.9. The SMILES string of the molecule is CCCc1ccc(-c2ccc(N(c3cccc(-n4c5ccc(C(C)(C)C)cc5c5cc(C(C)(C)C)ccc54)c3)c3ccc4c(N(c5ccc(-c6ccc(CCC)cc6)cc5)c5cccc(-n6c7ccc(C(C)(C)C)cc7c7cc(C(C)(C)C)ccc76)c5)ccc5c4c3-c3ccccc3N5c3ccccc3)cc2)cc1. The molecule has 1 aliphatic rings. The van der Waals surface area contributed by atoms with Crippen LogP contribution >= 0.6 is 0 Å². The minimum absolute atomic E-state index is 0.0303. The molecule has 5 nitrogen and oxygen atoms in total. The normalized spacial score (nSPS) is 12.6. The van der Waals surface area contributed by atoms with Crippen molar-refractivity contribution in [3.63, 3.8) is 0 Å². The lowest BCUT2D eigenvalue weighted by Crippen LogP contribution is -2.19. The molecule has 0 saturated carbocycles. The molecule has 5 heteroatoms. The van der Waals surface area contributed by atoms with Gasteiger partial charge in [-0.2, -0.15) is 0 Å². The zero-order chi connectivity index (χ0) is 75.4. The van der Waals surface area contributed by atoms with Gasteiger partial charge in [-0.25, -0.2) is 0 Å². The maximum atomic E-state index is 2.54. The van der Waals surface area contributed by atoms with Crippen molar-refractivity contribution in [2.24, 2.45) is 0 Å². The largest absolute Gasteiger partial charge is 0.310 e. The Hall–Kier alpha value is -11.7. The van der Waals surface area contributed by atoms with Gasteiger partial charge in [-0.15, -0.1) is 0 Å². The third-order valence-electron chi connectivity index (χ3n) is 22.9. The molecule has 0 spiro atoms. The van der Waals surface area contributed by atoms with E-state index in [0.29, 0.717) is 0 Å². The molecule has 1 aliphatic heterocycles. The number of hydrogen-bond donors (Lipinski definition) is 0. The first-order chi connectivity index (χ1) is 52.5. The Morgan fingerprint density at radius 1 is 0.275 bits per heavy atom. The van der Waals surface area contributed by atoms with E-state index < -0.39 is 0 Å². The summed E-state index contributed by atoms with van der Waals surface area (Å²) in [4.78, 5) is 7.55. The van der Waals surface area contributed by atoms with E-state index in [-0.39, 0.29) is 21.7 Å². The van der Waals surface area contributed by atoms with Crippen molar-refractivity contribution in [2.75, 3.05) is 14.7 Å². The molecule has 16 aromatic rings. The minimum atomic E-state index is -0.0324. The van der Waals surface area contributed by atoms with Crippen molar-refractivity contribution in [3.05, 3.63) is 331 Å². The summed E-state index contributed by atoms with van der Waals surface area (Å²) < 4.78 is 5.01. The van der Waals surface area contributed by atoms with Crippen molar-refractivity contribution in [3.8, 4) is 44.8 Å². The van der Waals surface area contributed by atoms with E-state index in [0.717, 1.165) is 110 Å². The number of rotatable bonds is 15. The third-order valence-corrected chi connectivity index (χ3v) is 22.9. The van der Waals surface area contributed by atoms with Crippen molar-refractivity contribution in [1.29, 1.82) is 0 Å². The van der Waals surface area contributed by atoms with Crippen LogP contribution in [0.5, 0.6) is 0 Å². The summed E-state index contributed by atoms with van der Waals surface area (Å²) in [6.45, 7) is 32.4. The van der Waals surface area contributed by atoms with Gasteiger partial charge in [-0.1, -0.05) is 261 Å². The second kappa shape index (κ2) is 27.2. The lowest BCUT2D eigenvalue weighted by molar-refractivity contribution is 0.590. The number of nitrogens with zero attached hydrogens (tertiary/aromatic N) is 5. The van der Waals surface area contributed by atoms with Gasteiger partial charge in [0.25, 0.3) is 0 Å². The molecule has 0 atom stereocenters. The van der Waals surface area contributed by atoms with E-state index in [1.165, 1.54) is 99.2 Å². The molecule has 109 heavy (non-hydrogen) atoms. The van der Waals surface area contributed by atoms with Crippen molar-refractivity contribution in [1.82, 2.24) is 9.13 Å². The van der Waals surface area contributed by atoms with Crippen LogP contribution in [0.3, 0.4) is 0 Å². The summed E-state index contributed by atoms with van der Waals surface area (Å²) >= 11 is 0. The van der Waals surface area contributed by atoms with Gasteiger partial charge in [-0.3, -0.25) is 0 Å². The van der Waals surface area contributed by atoms with Gasteiger partial charge in [-0.05, 0) is 236 Å². The quantitative estimate of drug-likeness (QED) is 0.102. The first kappa shape index (κ1) is 70.3. The average molecular weight is 1420 g/mol. The van der Waals surface area contributed by atoms with Crippen molar-refractivity contribution in [2.45, 2.75) is 144 Å². The highest BCUT2D eigenvalue weighted by Crippen LogP contribution is 2.58. The number of aryl methyl sites for hydroxylation is 2. The van der Waals surface area contributed by atoms with Gasteiger partial charge in [0.2, 0.25) is 0 Å². The smallest absolute Gasteiger partial charge is 0.0548 e. The van der Waals surface area contributed by atoms with Crippen molar-refractivity contribution >= 4 is 106 Å². The van der Waals surface area contributed by atoms with Crippen LogP contribution in [0.2, 0.25) is 0 Å². The molecule has 14 aromatic carbocycles. The van der Waals surface area contributed by atoms with Crippen LogP contribution < -0.4 is 14.7 Å². The number of hydrogen-bond acceptors (Lipinski definition) is 3. The van der Waals surface area contributed by atoms with E-state index >= 15 is 0 Å². The monoisotopic (exact) mass is 1420 g/mol. The lowest BCUT2D eigenvalue weighted by atomic mass is 9.85. The van der Waals surface area contributed by atoms with E-state index in [2.05, 4.69) is 418 Å². The standard InChI is InChI=1S/C104H99N5/c1-15-24-68-34-38-70(39-35-68)72-42-50-79(51-43-72)105(81-28-22-30-83(66-81)108-93-55-46-74(101(3,4)5)62-87(93)88-63-75(102(6,7)8)47-56-94(88)108)92-60-61-98-100-86(92)54-59-97(99(100)85-32-20-21-33-91(85)107(98)78-26-18-17-19-27-78)106(80-52-44-73(45-53-80)71-40-36-69(25-16-2)37-41-71)82-29-23-31-84(67-82)109-95-57-48-76(103(9,10)11)64-89(95)90-65-77(104(12,13)14)49-58-96(90)109/h17-23,26-67H,15-16,24-25H2,1-14H3. The maximum Gasteiger partial charge on any atom is 0.0548 e. The van der Waals surface area contributed by atoms with E-state index in [4.69, 9.17) is 0 Å². The Labute approximate surface area is 645 Å². The summed E-state index contributed by atoms with van der Waals surface area (Å²) in [7, 11) is 0. The molecular formula is C104H99N5. The van der Waals surface area contributed by atoms with E-state index in [1.54, 1.807) is 0 Å². The molecule has 17 rings (SSSR count). The summed E-state index contributed by atoms with van der Waals surface area (Å²) in [5.41, 5.74) is 31.5. The molecular weight excluding hydrogens is 1320 g/mol. The fourth-order valence-corrected chi connectivity index (χ4v) is 16.9. The molecule has 540 valence electrons. The van der Waals surface area contributed by atoms with Crippen LogP contribution in [-0.4, -0.2) is 9.13 Å². The van der Waals surface area contributed by atoms with Gasteiger partial charge in [0.15, 0.2) is 0 Å². The molecule has 0 saturated heterocycles. The van der Waals surface area contributed by atoms with E-state index in [1.807, 2.05) is 0 Å². The molecule has 0 radical (unpaired) electrons. The zero-order valence-electron chi connectivity index (χ0n) is 65.9. The van der Waals surface area contributed by atoms with Gasteiger partial charge in [0.05, 0.1) is 44.8 Å². The van der Waals surface area contributed by atoms with Gasteiger partial charge < -0.3 is 23.8 Å². The summed E-state index contributed by atoms with van der Waals surface area (Å²) in [5.74, 6) is 0. The van der Waals surface area contributed by atoms with Crippen LogP contribution in [0, 0.1) is 0 Å². The summed E-state index contributed by atoms with van der Waals surface area (Å²) in [5, 5.41) is 7.34. The Morgan fingerprint density at radius 2 is 0.642 bits per heavy atom. The first-order valence-corrected chi connectivity index (χ1v) is 39.4. The van der Waals surface area contributed by atoms with Gasteiger partial charge >= 0.3 is 0 Å². The molecule has 0 amide bonds. The summed E-state index contributed by atoms with van der Waals surface area (Å²) in [6, 6.07) is 114. The van der Waals surface area contributed by atoms with Gasteiger partial charge in [0, 0.05) is 83.3 Å². The third kappa shape index (κ3) is 12.7. The maximum absolute atomic E-state index is 2.54. The Bertz CT molecular complexity index is 6000. The Kier molecular flexibility index (Phi) is 17.6. The van der Waals surface area contributed by atoms with Gasteiger partial charge in [0.1, 0.15) is 0 Å². The minimum Gasteiger partial charge on any atom is -0.310 e. The summed E-state index contributed by atoms with van der Waals surface area (Å²) in [6.07, 6.45) is 4.36. The molecule has 0 unspecified atom stereocenters. The number of benzene rings is 14. The van der Waals surface area contributed by atoms with Crippen LogP contribution in [-0.2, 0) is 34.5 Å².